The van der Waals surface area contributed by atoms with E-state index in [0.29, 0.717) is 22.8 Å². The molecule has 2 aromatic heterocycles. The zero-order valence-corrected chi connectivity index (χ0v) is 16.6. The average molecular weight is 406 g/mol. The maximum Gasteiger partial charge on any atom is 0.337 e. The minimum atomic E-state index is -0.407. The summed E-state index contributed by atoms with van der Waals surface area (Å²) < 4.78 is 10.5. The van der Waals surface area contributed by atoms with Crippen molar-refractivity contribution < 1.29 is 14.3 Å². The van der Waals surface area contributed by atoms with Gasteiger partial charge in [0.1, 0.15) is 23.6 Å². The van der Waals surface area contributed by atoms with Crippen LogP contribution in [0.2, 0.25) is 0 Å². The number of anilines is 3. The molecule has 3 heterocycles. The zero-order valence-electron chi connectivity index (χ0n) is 16.6. The highest BCUT2D eigenvalue weighted by Crippen LogP contribution is 2.32. The summed E-state index contributed by atoms with van der Waals surface area (Å²) in [5.41, 5.74) is 7.13. The maximum absolute atomic E-state index is 11.6. The van der Waals surface area contributed by atoms with Crippen molar-refractivity contribution in [3.8, 4) is 11.6 Å². The number of nitrogens with two attached hydrogens (primary N) is 1. The van der Waals surface area contributed by atoms with Gasteiger partial charge < -0.3 is 25.0 Å². The zero-order chi connectivity index (χ0) is 20.9. The number of esters is 1. The summed E-state index contributed by atoms with van der Waals surface area (Å²) in [6.07, 6.45) is 3.24. The van der Waals surface area contributed by atoms with Crippen molar-refractivity contribution in [2.75, 3.05) is 48.8 Å². The van der Waals surface area contributed by atoms with Crippen LogP contribution in [0.3, 0.4) is 0 Å². The third kappa shape index (κ3) is 4.09. The van der Waals surface area contributed by atoms with E-state index < -0.39 is 5.97 Å². The number of hydrogen-bond acceptors (Lipinski definition) is 9. The predicted molar refractivity (Wildman–Crippen MR) is 113 cm³/mol. The van der Waals surface area contributed by atoms with Gasteiger partial charge >= 0.3 is 5.97 Å². The number of benzene rings is 1. The Morgan fingerprint density at radius 1 is 0.967 bits per heavy atom. The molecule has 1 aliphatic heterocycles. The van der Waals surface area contributed by atoms with Crippen LogP contribution in [0, 0.1) is 0 Å². The van der Waals surface area contributed by atoms with E-state index in [1.54, 1.807) is 30.5 Å². The highest BCUT2D eigenvalue weighted by atomic mass is 16.5. The van der Waals surface area contributed by atoms with Crippen LogP contribution < -0.4 is 20.3 Å². The Labute approximate surface area is 174 Å². The molecule has 0 bridgehead atoms. The Kier molecular flexibility index (Phi) is 5.60. The van der Waals surface area contributed by atoms with Crippen molar-refractivity contribution in [2.24, 2.45) is 0 Å². The molecule has 4 rings (SSSR count). The number of pyridine rings is 1. The molecule has 0 unspecified atom stereocenters. The number of carbonyl (C=O) groups is 1. The van der Waals surface area contributed by atoms with Gasteiger partial charge in [-0.1, -0.05) is 6.07 Å². The number of rotatable bonds is 5. The number of nitrogen functional groups attached to an aromatic ring is 1. The van der Waals surface area contributed by atoms with Crippen LogP contribution in [0.25, 0.3) is 0 Å². The molecular weight excluding hydrogens is 384 g/mol. The van der Waals surface area contributed by atoms with E-state index in [1.165, 1.54) is 13.4 Å². The molecule has 0 saturated carbocycles. The van der Waals surface area contributed by atoms with Gasteiger partial charge in [-0.3, -0.25) is 0 Å². The van der Waals surface area contributed by atoms with Crippen molar-refractivity contribution in [1.29, 1.82) is 0 Å². The molecule has 0 spiro atoms. The number of hydrogen-bond donors (Lipinski definition) is 1. The predicted octanol–water partition coefficient (Wildman–Crippen LogP) is 2.36. The van der Waals surface area contributed by atoms with E-state index in [2.05, 4.69) is 24.8 Å². The van der Waals surface area contributed by atoms with Crippen LogP contribution in [0.4, 0.5) is 17.3 Å². The normalized spacial score (nSPS) is 13.8. The average Bonchev–Trinajstić information content (AvgIpc) is 2.81. The summed E-state index contributed by atoms with van der Waals surface area (Å²) in [5, 5.41) is 0. The third-order valence-electron chi connectivity index (χ3n) is 4.87. The molecule has 0 radical (unpaired) electrons. The first-order valence-corrected chi connectivity index (χ1v) is 9.53. The highest BCUT2D eigenvalue weighted by molar-refractivity contribution is 5.89. The molecule has 0 amide bonds. The molecule has 0 aliphatic carbocycles. The molecule has 30 heavy (non-hydrogen) atoms. The fourth-order valence-corrected chi connectivity index (χ4v) is 3.28. The summed E-state index contributed by atoms with van der Waals surface area (Å²) in [4.78, 5) is 28.8. The van der Waals surface area contributed by atoms with E-state index >= 15 is 0 Å². The molecule has 9 heteroatoms. The van der Waals surface area contributed by atoms with Gasteiger partial charge in [-0.25, -0.2) is 14.8 Å². The lowest BCUT2D eigenvalue weighted by molar-refractivity contribution is 0.0600. The van der Waals surface area contributed by atoms with E-state index in [-0.39, 0.29) is 5.88 Å². The first kappa shape index (κ1) is 19.4. The molecule has 0 atom stereocenters. The Morgan fingerprint density at radius 2 is 1.70 bits per heavy atom. The topological polar surface area (TPSA) is 107 Å². The highest BCUT2D eigenvalue weighted by Gasteiger charge is 2.22. The van der Waals surface area contributed by atoms with Crippen molar-refractivity contribution >= 4 is 23.3 Å². The summed E-state index contributed by atoms with van der Waals surface area (Å²) in [6, 6.07) is 12.5. The lowest BCUT2D eigenvalue weighted by Crippen LogP contribution is -2.47. The third-order valence-corrected chi connectivity index (χ3v) is 4.87. The van der Waals surface area contributed by atoms with Crippen LogP contribution in [0.5, 0.6) is 11.6 Å². The van der Waals surface area contributed by atoms with Crippen LogP contribution in [-0.2, 0) is 4.74 Å². The molecule has 2 N–H and O–H groups in total. The second-order valence-electron chi connectivity index (χ2n) is 6.70. The Morgan fingerprint density at radius 3 is 2.37 bits per heavy atom. The molecule has 1 fully saturated rings. The van der Waals surface area contributed by atoms with E-state index in [1.807, 2.05) is 18.2 Å². The van der Waals surface area contributed by atoms with Gasteiger partial charge in [-0.15, -0.1) is 0 Å². The summed E-state index contributed by atoms with van der Waals surface area (Å²) in [7, 11) is 1.34. The van der Waals surface area contributed by atoms with E-state index in [9.17, 15) is 4.79 Å². The fourth-order valence-electron chi connectivity index (χ4n) is 3.28. The first-order chi connectivity index (χ1) is 14.7. The molecule has 1 saturated heterocycles. The summed E-state index contributed by atoms with van der Waals surface area (Å²) >= 11 is 0. The van der Waals surface area contributed by atoms with Crippen molar-refractivity contribution in [3.63, 3.8) is 0 Å². The number of piperazine rings is 1. The second kappa shape index (κ2) is 8.64. The fraction of sp³-hybridized carbons (Fsp3) is 0.238. The summed E-state index contributed by atoms with van der Waals surface area (Å²) in [6.45, 7) is 3.13. The first-order valence-electron chi connectivity index (χ1n) is 9.53. The van der Waals surface area contributed by atoms with Crippen LogP contribution in [0.15, 0.2) is 55.0 Å². The quantitative estimate of drug-likeness (QED) is 0.639. The smallest absolute Gasteiger partial charge is 0.337 e. The maximum atomic E-state index is 11.6. The van der Waals surface area contributed by atoms with E-state index in [0.717, 1.165) is 32.0 Å². The van der Waals surface area contributed by atoms with Gasteiger partial charge in [-0.05, 0) is 36.4 Å². The molecular formula is C21H22N6O3. The van der Waals surface area contributed by atoms with Gasteiger partial charge in [0, 0.05) is 32.4 Å². The number of nitrogens with zero attached hydrogens (tertiary/aromatic N) is 5. The molecule has 9 nitrogen and oxygen atoms in total. The van der Waals surface area contributed by atoms with E-state index in [4.69, 9.17) is 15.2 Å². The van der Waals surface area contributed by atoms with Crippen molar-refractivity contribution in [1.82, 2.24) is 15.0 Å². The number of aromatic nitrogens is 3. The van der Waals surface area contributed by atoms with Gasteiger partial charge in [0.2, 0.25) is 5.88 Å². The second-order valence-corrected chi connectivity index (χ2v) is 6.70. The summed E-state index contributed by atoms with van der Waals surface area (Å²) in [5.74, 6) is 1.99. The largest absolute Gasteiger partial charge is 0.465 e. The molecule has 1 aromatic carbocycles. The monoisotopic (exact) mass is 406 g/mol. The van der Waals surface area contributed by atoms with Crippen LogP contribution >= 0.6 is 0 Å². The van der Waals surface area contributed by atoms with Gasteiger partial charge in [0.25, 0.3) is 0 Å². The Hall–Kier alpha value is -3.88. The molecule has 3 aromatic rings. The lowest BCUT2D eigenvalue weighted by atomic mass is 10.2. The van der Waals surface area contributed by atoms with Gasteiger partial charge in [0.15, 0.2) is 5.82 Å². The minimum absolute atomic E-state index is 0.276. The number of ether oxygens (including phenoxy) is 2. The SMILES string of the molecule is COC(=O)c1ccc(Oc2ncnc(N3CCN(c4ccccn4)CC3)c2N)cc1. The lowest BCUT2D eigenvalue weighted by Gasteiger charge is -2.36. The van der Waals surface area contributed by atoms with Crippen molar-refractivity contribution in [3.05, 3.63) is 60.6 Å². The van der Waals surface area contributed by atoms with Gasteiger partial charge in [-0.2, -0.15) is 4.98 Å². The minimum Gasteiger partial charge on any atom is -0.465 e. The molecule has 154 valence electrons. The number of carbonyl (C=O) groups excluding carboxylic acids is 1. The van der Waals surface area contributed by atoms with Gasteiger partial charge in [0.05, 0.1) is 12.7 Å². The standard InChI is InChI=1S/C21H22N6O3/c1-29-21(28)15-5-7-16(8-6-15)30-20-18(22)19(24-14-25-20)27-12-10-26(11-13-27)17-4-2-3-9-23-17/h2-9,14H,10-13,22H2,1H3. The van der Waals surface area contributed by atoms with Crippen LogP contribution in [0.1, 0.15) is 10.4 Å². The Balaban J connectivity index is 1.45. The van der Waals surface area contributed by atoms with Crippen LogP contribution in [-0.4, -0.2) is 54.2 Å². The van der Waals surface area contributed by atoms with Crippen molar-refractivity contribution in [2.45, 2.75) is 0 Å². The number of methoxy groups -OCH3 is 1. The Bertz CT molecular complexity index is 1010. The molecule has 1 aliphatic rings.